The molecule has 0 saturated carbocycles. The van der Waals surface area contributed by atoms with Crippen molar-refractivity contribution >= 4 is 29.3 Å². The van der Waals surface area contributed by atoms with Gasteiger partial charge in [-0.1, -0.05) is 0 Å². The number of amides is 1. The molecule has 5 heteroatoms. The fourth-order valence-electron chi connectivity index (χ4n) is 2.58. The average molecular weight is 307 g/mol. The molecule has 2 rings (SSSR count). The molecule has 0 radical (unpaired) electrons. The molecule has 1 aromatic carbocycles. The van der Waals surface area contributed by atoms with Crippen LogP contribution in [0.25, 0.3) is 0 Å². The number of anilines is 1. The van der Waals surface area contributed by atoms with Crippen LogP contribution in [-0.4, -0.2) is 28.5 Å². The number of carbonyl (C=O) groups excluding carboxylic acids is 1. The van der Waals surface area contributed by atoms with Crippen LogP contribution < -0.4 is 5.32 Å². The maximum atomic E-state index is 12.1. The standard InChI is InChI=1S/C16H21NO3S/c1-10-7-13(9-14(11(10)2)16(19)20)17-15(18)8-12-3-5-21-6-4-12/h7,9,12H,3-6,8H2,1-2H3,(H,17,18)(H,19,20). The van der Waals surface area contributed by atoms with Gasteiger partial charge in [0.15, 0.2) is 0 Å². The predicted octanol–water partition coefficient (Wildman–Crippen LogP) is 3.47. The van der Waals surface area contributed by atoms with E-state index in [0.29, 0.717) is 18.0 Å². The molecule has 4 nitrogen and oxygen atoms in total. The van der Waals surface area contributed by atoms with Crippen molar-refractivity contribution in [1.29, 1.82) is 0 Å². The van der Waals surface area contributed by atoms with Crippen molar-refractivity contribution < 1.29 is 14.7 Å². The van der Waals surface area contributed by atoms with Crippen LogP contribution in [-0.2, 0) is 4.79 Å². The zero-order chi connectivity index (χ0) is 15.4. The Kier molecular flexibility index (Phi) is 5.28. The summed E-state index contributed by atoms with van der Waals surface area (Å²) in [6, 6.07) is 3.37. The van der Waals surface area contributed by atoms with Gasteiger partial charge >= 0.3 is 5.97 Å². The smallest absolute Gasteiger partial charge is 0.336 e. The lowest BCUT2D eigenvalue weighted by atomic mass is 9.98. The van der Waals surface area contributed by atoms with E-state index in [1.54, 1.807) is 13.0 Å². The number of aromatic carboxylic acids is 1. The second kappa shape index (κ2) is 6.98. The van der Waals surface area contributed by atoms with Crippen molar-refractivity contribution in [3.05, 3.63) is 28.8 Å². The Labute approximate surface area is 129 Å². The molecule has 1 saturated heterocycles. The molecule has 1 amide bonds. The van der Waals surface area contributed by atoms with Crippen LogP contribution in [0.4, 0.5) is 5.69 Å². The quantitative estimate of drug-likeness (QED) is 0.894. The molecule has 1 heterocycles. The maximum absolute atomic E-state index is 12.1. The first-order valence-electron chi connectivity index (χ1n) is 7.19. The number of thioether (sulfide) groups is 1. The Morgan fingerprint density at radius 2 is 1.95 bits per heavy atom. The van der Waals surface area contributed by atoms with E-state index >= 15 is 0 Å². The van der Waals surface area contributed by atoms with Crippen LogP contribution in [0.1, 0.15) is 40.7 Å². The second-order valence-corrected chi connectivity index (χ2v) is 6.80. The lowest BCUT2D eigenvalue weighted by Gasteiger charge is -2.20. The Bertz CT molecular complexity index is 551. The van der Waals surface area contributed by atoms with Crippen molar-refractivity contribution in [3.8, 4) is 0 Å². The first-order valence-corrected chi connectivity index (χ1v) is 8.35. The topological polar surface area (TPSA) is 66.4 Å². The number of hydrogen-bond acceptors (Lipinski definition) is 3. The number of carboxylic acid groups (broad SMARTS) is 1. The Morgan fingerprint density at radius 1 is 1.29 bits per heavy atom. The van der Waals surface area contributed by atoms with E-state index in [4.69, 9.17) is 0 Å². The molecule has 0 atom stereocenters. The Hall–Kier alpha value is -1.49. The minimum Gasteiger partial charge on any atom is -0.478 e. The summed E-state index contributed by atoms with van der Waals surface area (Å²) in [5.74, 6) is 1.73. The van der Waals surface area contributed by atoms with Crippen molar-refractivity contribution in [2.45, 2.75) is 33.1 Å². The third-order valence-corrected chi connectivity index (χ3v) is 5.05. The summed E-state index contributed by atoms with van der Waals surface area (Å²) in [4.78, 5) is 23.3. The molecule has 0 bridgehead atoms. The third-order valence-electron chi connectivity index (χ3n) is 4.00. The van der Waals surface area contributed by atoms with Gasteiger partial charge in [-0.3, -0.25) is 4.79 Å². The van der Waals surface area contributed by atoms with Crippen LogP contribution in [0.2, 0.25) is 0 Å². The molecular formula is C16H21NO3S. The molecule has 0 unspecified atom stereocenters. The van der Waals surface area contributed by atoms with Crippen molar-refractivity contribution in [3.63, 3.8) is 0 Å². The minimum atomic E-state index is -0.962. The third kappa shape index (κ3) is 4.24. The fourth-order valence-corrected chi connectivity index (χ4v) is 3.78. The van der Waals surface area contributed by atoms with Crippen molar-refractivity contribution in [2.24, 2.45) is 5.92 Å². The summed E-state index contributed by atoms with van der Waals surface area (Å²) in [5.41, 5.74) is 2.44. The zero-order valence-electron chi connectivity index (χ0n) is 12.4. The number of benzene rings is 1. The van der Waals surface area contributed by atoms with Gasteiger partial charge in [0, 0.05) is 12.1 Å². The number of nitrogens with one attached hydrogen (secondary N) is 1. The van der Waals surface area contributed by atoms with E-state index in [1.165, 1.54) is 0 Å². The monoisotopic (exact) mass is 307 g/mol. The molecule has 1 aromatic rings. The molecule has 0 aliphatic carbocycles. The van der Waals surface area contributed by atoms with Gasteiger partial charge in [-0.25, -0.2) is 4.79 Å². The summed E-state index contributed by atoms with van der Waals surface area (Å²) in [6.45, 7) is 3.64. The highest BCUT2D eigenvalue weighted by molar-refractivity contribution is 7.99. The van der Waals surface area contributed by atoms with Gasteiger partial charge in [-0.2, -0.15) is 11.8 Å². The highest BCUT2D eigenvalue weighted by Crippen LogP contribution is 2.26. The highest BCUT2D eigenvalue weighted by Gasteiger charge is 2.18. The molecule has 0 spiro atoms. The second-order valence-electron chi connectivity index (χ2n) is 5.58. The van der Waals surface area contributed by atoms with Gasteiger partial charge in [0.25, 0.3) is 0 Å². The largest absolute Gasteiger partial charge is 0.478 e. The molecule has 114 valence electrons. The molecule has 1 aliphatic rings. The van der Waals surface area contributed by atoms with E-state index in [9.17, 15) is 14.7 Å². The minimum absolute atomic E-state index is 0.0218. The number of hydrogen-bond donors (Lipinski definition) is 2. The number of aryl methyl sites for hydroxylation is 1. The molecule has 1 aliphatic heterocycles. The lowest BCUT2D eigenvalue weighted by Crippen LogP contribution is -2.20. The summed E-state index contributed by atoms with van der Waals surface area (Å²) in [5, 5.41) is 12.0. The average Bonchev–Trinajstić information content (AvgIpc) is 2.43. The molecule has 0 aromatic heterocycles. The van der Waals surface area contributed by atoms with Crippen LogP contribution in [0.5, 0.6) is 0 Å². The number of carboxylic acids is 1. The van der Waals surface area contributed by atoms with E-state index in [0.717, 1.165) is 35.5 Å². The van der Waals surface area contributed by atoms with Crippen molar-refractivity contribution in [1.82, 2.24) is 0 Å². The molecule has 1 fully saturated rings. The molecule has 21 heavy (non-hydrogen) atoms. The highest BCUT2D eigenvalue weighted by atomic mass is 32.2. The summed E-state index contributed by atoms with van der Waals surface area (Å²) in [7, 11) is 0. The van der Waals surface area contributed by atoms with Crippen molar-refractivity contribution in [2.75, 3.05) is 16.8 Å². The van der Waals surface area contributed by atoms with Gasteiger partial charge in [-0.05, 0) is 67.4 Å². The van der Waals surface area contributed by atoms with Crippen LogP contribution in [0, 0.1) is 19.8 Å². The SMILES string of the molecule is Cc1cc(NC(=O)CC2CCSCC2)cc(C(=O)O)c1C. The maximum Gasteiger partial charge on any atom is 0.336 e. The van der Waals surface area contributed by atoms with Crippen LogP contribution >= 0.6 is 11.8 Å². The van der Waals surface area contributed by atoms with Gasteiger partial charge in [-0.15, -0.1) is 0 Å². The summed E-state index contributed by atoms with van der Waals surface area (Å²) < 4.78 is 0. The van der Waals surface area contributed by atoms with Crippen LogP contribution in [0.15, 0.2) is 12.1 Å². The Balaban J connectivity index is 2.05. The first kappa shape index (κ1) is 15.9. The molecular weight excluding hydrogens is 286 g/mol. The van der Waals surface area contributed by atoms with Gasteiger partial charge < -0.3 is 10.4 Å². The Morgan fingerprint density at radius 3 is 2.57 bits per heavy atom. The summed E-state index contributed by atoms with van der Waals surface area (Å²) in [6.07, 6.45) is 2.70. The number of carbonyl (C=O) groups is 2. The summed E-state index contributed by atoms with van der Waals surface area (Å²) >= 11 is 1.94. The zero-order valence-corrected chi connectivity index (χ0v) is 13.3. The fraction of sp³-hybridized carbons (Fsp3) is 0.500. The predicted molar refractivity (Wildman–Crippen MR) is 86.2 cm³/mol. The van der Waals surface area contributed by atoms with Crippen LogP contribution in [0.3, 0.4) is 0 Å². The van der Waals surface area contributed by atoms with E-state index < -0.39 is 5.97 Å². The van der Waals surface area contributed by atoms with Gasteiger partial charge in [0.05, 0.1) is 5.56 Å². The van der Waals surface area contributed by atoms with Gasteiger partial charge in [0.2, 0.25) is 5.91 Å². The van der Waals surface area contributed by atoms with E-state index in [-0.39, 0.29) is 11.5 Å². The molecule has 2 N–H and O–H groups in total. The first-order chi connectivity index (χ1) is 9.97. The number of rotatable bonds is 4. The lowest BCUT2D eigenvalue weighted by molar-refractivity contribution is -0.117. The van der Waals surface area contributed by atoms with Gasteiger partial charge in [0.1, 0.15) is 0 Å². The van der Waals surface area contributed by atoms with E-state index in [1.807, 2.05) is 24.8 Å². The normalized spacial score (nSPS) is 15.7. The van der Waals surface area contributed by atoms with E-state index in [2.05, 4.69) is 5.32 Å².